The summed E-state index contributed by atoms with van der Waals surface area (Å²) in [6.07, 6.45) is 3.24. The second kappa shape index (κ2) is 12.2. The number of carbonyl (C=O) groups excluding carboxylic acids is 1. The van der Waals surface area contributed by atoms with E-state index in [1.165, 1.54) is 5.56 Å². The molecule has 6 nitrogen and oxygen atoms in total. The van der Waals surface area contributed by atoms with Gasteiger partial charge in [0, 0.05) is 31.1 Å². The Bertz CT molecular complexity index is 1350. The number of fused-ring (bicyclic) bond motifs is 1. The van der Waals surface area contributed by atoms with E-state index in [0.717, 1.165) is 59.9 Å². The lowest BCUT2D eigenvalue weighted by molar-refractivity contribution is -0.117. The molecule has 194 valence electrons. The molecular formula is C30H34ClN3O3. The van der Waals surface area contributed by atoms with Crippen molar-refractivity contribution in [1.29, 1.82) is 0 Å². The molecule has 0 aliphatic carbocycles. The molecule has 1 aliphatic rings. The van der Waals surface area contributed by atoms with E-state index >= 15 is 0 Å². The maximum Gasteiger partial charge on any atom is 0.227 e. The molecule has 1 saturated heterocycles. The van der Waals surface area contributed by atoms with Crippen LogP contribution in [0.5, 0.6) is 11.5 Å². The van der Waals surface area contributed by atoms with Crippen molar-refractivity contribution in [2.75, 3.05) is 25.2 Å². The van der Waals surface area contributed by atoms with E-state index in [1.54, 1.807) is 7.11 Å². The number of anilines is 1. The van der Waals surface area contributed by atoms with Gasteiger partial charge in [0.1, 0.15) is 5.82 Å². The third-order valence-corrected chi connectivity index (χ3v) is 6.94. The average Bonchev–Trinajstić information content (AvgIpc) is 3.49. The molecule has 7 heteroatoms. The number of aromatic nitrogens is 2. The highest BCUT2D eigenvalue weighted by atomic mass is 35.5. The number of nitrogens with zero attached hydrogens (tertiary/aromatic N) is 3. The van der Waals surface area contributed by atoms with E-state index in [4.69, 9.17) is 14.5 Å². The largest absolute Gasteiger partial charge is 0.493 e. The van der Waals surface area contributed by atoms with Crippen LogP contribution >= 0.6 is 12.4 Å². The lowest BCUT2D eigenvalue weighted by Crippen LogP contribution is -2.25. The molecule has 0 spiro atoms. The monoisotopic (exact) mass is 519 g/mol. The van der Waals surface area contributed by atoms with Crippen molar-refractivity contribution in [3.05, 3.63) is 84.2 Å². The minimum absolute atomic E-state index is 0. The van der Waals surface area contributed by atoms with Crippen LogP contribution in [-0.4, -0.2) is 35.7 Å². The van der Waals surface area contributed by atoms with E-state index in [9.17, 15) is 4.79 Å². The summed E-state index contributed by atoms with van der Waals surface area (Å²) in [5.74, 6) is 2.77. The second-order valence-corrected chi connectivity index (χ2v) is 9.20. The number of ether oxygens (including phenoxy) is 2. The molecule has 1 aromatic heterocycles. The SMILES string of the molecule is CCc1ccccc1N1CC(c2nc3ccccc3n2CCCCOc2ccccc2OC)CC1=O.Cl. The zero-order valence-corrected chi connectivity index (χ0v) is 22.2. The number of hydrogen-bond acceptors (Lipinski definition) is 4. The van der Waals surface area contributed by atoms with Gasteiger partial charge in [0.05, 0.1) is 24.8 Å². The number of carbonyl (C=O) groups is 1. The highest BCUT2D eigenvalue weighted by molar-refractivity contribution is 5.97. The van der Waals surface area contributed by atoms with Crippen LogP contribution < -0.4 is 14.4 Å². The molecule has 2 heterocycles. The highest BCUT2D eigenvalue weighted by Crippen LogP contribution is 2.35. The first-order valence-corrected chi connectivity index (χ1v) is 12.8. The summed E-state index contributed by atoms with van der Waals surface area (Å²) in [7, 11) is 1.66. The van der Waals surface area contributed by atoms with E-state index in [0.29, 0.717) is 19.6 Å². The Labute approximate surface area is 224 Å². The first kappa shape index (κ1) is 26.6. The summed E-state index contributed by atoms with van der Waals surface area (Å²) in [5, 5.41) is 0. The van der Waals surface area contributed by atoms with Crippen molar-refractivity contribution in [1.82, 2.24) is 9.55 Å². The number of methoxy groups -OCH3 is 1. The lowest BCUT2D eigenvalue weighted by atomic mass is 10.1. The number of imidazole rings is 1. The number of benzene rings is 3. The predicted octanol–water partition coefficient (Wildman–Crippen LogP) is 6.41. The maximum absolute atomic E-state index is 13.1. The number of amides is 1. The zero-order chi connectivity index (χ0) is 24.9. The van der Waals surface area contributed by atoms with Crippen molar-refractivity contribution in [3.63, 3.8) is 0 Å². The van der Waals surface area contributed by atoms with Crippen LogP contribution in [0.1, 0.15) is 43.5 Å². The molecule has 3 aromatic carbocycles. The summed E-state index contributed by atoms with van der Waals surface area (Å²) < 4.78 is 13.7. The zero-order valence-electron chi connectivity index (χ0n) is 21.4. The van der Waals surface area contributed by atoms with Gasteiger partial charge in [-0.3, -0.25) is 4.79 Å². The first-order chi connectivity index (χ1) is 17.7. The summed E-state index contributed by atoms with van der Waals surface area (Å²) in [4.78, 5) is 20.1. The van der Waals surface area contributed by atoms with Gasteiger partial charge >= 0.3 is 0 Å². The Kier molecular flexibility index (Phi) is 8.72. The van der Waals surface area contributed by atoms with Gasteiger partial charge in [-0.15, -0.1) is 12.4 Å². The molecule has 1 aliphatic heterocycles. The number of rotatable bonds is 10. The minimum atomic E-state index is 0. The van der Waals surface area contributed by atoms with Gasteiger partial charge in [0.25, 0.3) is 0 Å². The van der Waals surface area contributed by atoms with Crippen LogP contribution in [0.25, 0.3) is 11.0 Å². The minimum Gasteiger partial charge on any atom is -0.493 e. The van der Waals surface area contributed by atoms with Crippen molar-refractivity contribution >= 4 is 35.0 Å². The molecule has 1 unspecified atom stereocenters. The fraction of sp³-hybridized carbons (Fsp3) is 0.333. The van der Waals surface area contributed by atoms with Crippen molar-refractivity contribution in [2.24, 2.45) is 0 Å². The molecule has 0 saturated carbocycles. The van der Waals surface area contributed by atoms with Gasteiger partial charge in [-0.05, 0) is 55.2 Å². The molecule has 1 amide bonds. The van der Waals surface area contributed by atoms with E-state index < -0.39 is 0 Å². The number of unbranched alkanes of at least 4 members (excludes halogenated alkanes) is 1. The topological polar surface area (TPSA) is 56.6 Å². The highest BCUT2D eigenvalue weighted by Gasteiger charge is 2.35. The van der Waals surface area contributed by atoms with Gasteiger partial charge < -0.3 is 18.9 Å². The quantitative estimate of drug-likeness (QED) is 0.227. The van der Waals surface area contributed by atoms with E-state index in [1.807, 2.05) is 47.4 Å². The Morgan fingerprint density at radius 1 is 0.946 bits per heavy atom. The van der Waals surface area contributed by atoms with Crippen LogP contribution in [0.15, 0.2) is 72.8 Å². The Morgan fingerprint density at radius 3 is 2.49 bits per heavy atom. The second-order valence-electron chi connectivity index (χ2n) is 9.20. The van der Waals surface area contributed by atoms with Crippen LogP contribution in [0.3, 0.4) is 0 Å². The fourth-order valence-electron chi connectivity index (χ4n) is 5.12. The third-order valence-electron chi connectivity index (χ3n) is 6.94. The first-order valence-electron chi connectivity index (χ1n) is 12.8. The third kappa shape index (κ3) is 5.59. The molecule has 0 bridgehead atoms. The number of halogens is 1. The molecule has 1 fully saturated rings. The van der Waals surface area contributed by atoms with Gasteiger partial charge in [-0.25, -0.2) is 4.98 Å². The Balaban J connectivity index is 0.00000320. The van der Waals surface area contributed by atoms with Crippen molar-refractivity contribution in [3.8, 4) is 11.5 Å². The van der Waals surface area contributed by atoms with E-state index in [-0.39, 0.29) is 24.2 Å². The summed E-state index contributed by atoms with van der Waals surface area (Å²) in [6.45, 7) is 4.25. The normalized spacial score (nSPS) is 15.1. The molecular weight excluding hydrogens is 486 g/mol. The van der Waals surface area contributed by atoms with Gasteiger partial charge in [0.2, 0.25) is 5.91 Å². The summed E-state index contributed by atoms with van der Waals surface area (Å²) >= 11 is 0. The van der Waals surface area contributed by atoms with Crippen LogP contribution in [-0.2, 0) is 17.8 Å². The molecule has 0 N–H and O–H groups in total. The average molecular weight is 520 g/mol. The predicted molar refractivity (Wildman–Crippen MR) is 150 cm³/mol. The molecule has 37 heavy (non-hydrogen) atoms. The molecule has 5 rings (SSSR count). The van der Waals surface area contributed by atoms with Crippen LogP contribution in [0, 0.1) is 0 Å². The number of aryl methyl sites for hydroxylation is 2. The fourth-order valence-corrected chi connectivity index (χ4v) is 5.12. The summed E-state index contributed by atoms with van der Waals surface area (Å²) in [5.41, 5.74) is 4.34. The summed E-state index contributed by atoms with van der Waals surface area (Å²) in [6, 6.07) is 24.2. The van der Waals surface area contributed by atoms with E-state index in [2.05, 4.69) is 41.8 Å². The molecule has 1 atom stereocenters. The lowest BCUT2D eigenvalue weighted by Gasteiger charge is -2.20. The number of para-hydroxylation sites is 5. The maximum atomic E-state index is 13.1. The van der Waals surface area contributed by atoms with Crippen molar-refractivity contribution < 1.29 is 14.3 Å². The molecule has 0 radical (unpaired) electrons. The van der Waals surface area contributed by atoms with Gasteiger partial charge in [0.15, 0.2) is 11.5 Å². The standard InChI is InChI=1S/C30H33N3O3.ClH/c1-3-22-12-4-6-14-25(22)33-21-23(20-29(33)34)30-31-24-13-5-7-15-26(24)32(30)18-10-11-19-36-28-17-9-8-16-27(28)35-2;/h4-9,12-17,23H,3,10-11,18-21H2,1-2H3;1H. The van der Waals surface area contributed by atoms with Crippen LogP contribution in [0.2, 0.25) is 0 Å². The van der Waals surface area contributed by atoms with Crippen molar-refractivity contribution in [2.45, 2.75) is 45.1 Å². The Hall–Kier alpha value is -3.51. The smallest absolute Gasteiger partial charge is 0.227 e. The number of hydrogen-bond donors (Lipinski definition) is 0. The Morgan fingerprint density at radius 2 is 1.68 bits per heavy atom. The van der Waals surface area contributed by atoms with Crippen LogP contribution in [0.4, 0.5) is 5.69 Å². The molecule has 4 aromatic rings. The van der Waals surface area contributed by atoms with Gasteiger partial charge in [-0.1, -0.05) is 49.4 Å². The van der Waals surface area contributed by atoms with Gasteiger partial charge in [-0.2, -0.15) is 0 Å².